The standard InChI is InChI=1S/C12H22O3/c1-3-4-5-6-7-8-9-12(10-13)15-11(2)14/h10,12H,3-9H2,1-2H3. The van der Waals surface area contributed by atoms with Crippen molar-refractivity contribution in [1.82, 2.24) is 0 Å². The molecule has 0 saturated carbocycles. The summed E-state index contributed by atoms with van der Waals surface area (Å²) in [6.45, 7) is 3.51. The first-order chi connectivity index (χ1) is 7.20. The molecule has 0 N–H and O–H groups in total. The van der Waals surface area contributed by atoms with E-state index in [4.69, 9.17) is 4.74 Å². The van der Waals surface area contributed by atoms with Crippen molar-refractivity contribution in [2.45, 2.75) is 64.9 Å². The van der Waals surface area contributed by atoms with Gasteiger partial charge in [0.2, 0.25) is 0 Å². The minimum atomic E-state index is -0.534. The summed E-state index contributed by atoms with van der Waals surface area (Å²) in [4.78, 5) is 21.1. The Morgan fingerprint density at radius 2 is 1.80 bits per heavy atom. The van der Waals surface area contributed by atoms with Crippen LogP contribution in [-0.2, 0) is 14.3 Å². The summed E-state index contributed by atoms with van der Waals surface area (Å²) in [7, 11) is 0. The second kappa shape index (κ2) is 9.69. The molecule has 1 atom stereocenters. The van der Waals surface area contributed by atoms with Gasteiger partial charge in [0.1, 0.15) is 0 Å². The first-order valence-electron chi connectivity index (χ1n) is 5.83. The molecule has 0 heterocycles. The molecule has 0 aliphatic heterocycles. The SMILES string of the molecule is CCCCCCCCC(C=O)OC(C)=O. The fraction of sp³-hybridized carbons (Fsp3) is 0.833. The molecule has 0 radical (unpaired) electrons. The van der Waals surface area contributed by atoms with Crippen LogP contribution >= 0.6 is 0 Å². The lowest BCUT2D eigenvalue weighted by atomic mass is 10.1. The Kier molecular flexibility index (Phi) is 9.13. The van der Waals surface area contributed by atoms with E-state index in [-0.39, 0.29) is 5.97 Å². The smallest absolute Gasteiger partial charge is 0.303 e. The third-order valence-electron chi connectivity index (χ3n) is 2.31. The Morgan fingerprint density at radius 1 is 1.20 bits per heavy atom. The lowest BCUT2D eigenvalue weighted by Gasteiger charge is -2.09. The van der Waals surface area contributed by atoms with Crippen LogP contribution in [0.25, 0.3) is 0 Å². The van der Waals surface area contributed by atoms with Gasteiger partial charge in [0.15, 0.2) is 12.4 Å². The van der Waals surface area contributed by atoms with Crippen LogP contribution in [0, 0.1) is 0 Å². The topological polar surface area (TPSA) is 43.4 Å². The Morgan fingerprint density at radius 3 is 2.33 bits per heavy atom. The molecule has 0 rings (SSSR count). The summed E-state index contributed by atoms with van der Waals surface area (Å²) in [5, 5.41) is 0. The van der Waals surface area contributed by atoms with Crippen LogP contribution in [0.2, 0.25) is 0 Å². The highest BCUT2D eigenvalue weighted by molar-refractivity contribution is 5.69. The molecule has 0 aromatic heterocycles. The zero-order chi connectivity index (χ0) is 11.5. The van der Waals surface area contributed by atoms with E-state index in [2.05, 4.69) is 6.92 Å². The summed E-state index contributed by atoms with van der Waals surface area (Å²) in [6.07, 6.45) is 7.91. The molecular formula is C12H22O3. The maximum absolute atomic E-state index is 10.6. The van der Waals surface area contributed by atoms with Gasteiger partial charge in [-0.05, 0) is 12.8 Å². The summed E-state index contributed by atoms with van der Waals surface area (Å²) in [6, 6.07) is 0. The van der Waals surface area contributed by atoms with Gasteiger partial charge < -0.3 is 4.74 Å². The summed E-state index contributed by atoms with van der Waals surface area (Å²) >= 11 is 0. The van der Waals surface area contributed by atoms with E-state index in [0.717, 1.165) is 12.8 Å². The number of unbranched alkanes of at least 4 members (excludes halogenated alkanes) is 5. The second-order valence-electron chi connectivity index (χ2n) is 3.84. The third-order valence-corrected chi connectivity index (χ3v) is 2.31. The molecule has 15 heavy (non-hydrogen) atoms. The van der Waals surface area contributed by atoms with E-state index in [1.165, 1.54) is 32.6 Å². The molecule has 1 unspecified atom stereocenters. The van der Waals surface area contributed by atoms with Crippen LogP contribution in [0.15, 0.2) is 0 Å². The number of rotatable bonds is 9. The minimum absolute atomic E-state index is 0.377. The van der Waals surface area contributed by atoms with Gasteiger partial charge in [-0.2, -0.15) is 0 Å². The van der Waals surface area contributed by atoms with Crippen molar-refractivity contribution < 1.29 is 14.3 Å². The fourth-order valence-electron chi connectivity index (χ4n) is 1.49. The van der Waals surface area contributed by atoms with Gasteiger partial charge in [0, 0.05) is 6.92 Å². The Balaban J connectivity index is 3.38. The van der Waals surface area contributed by atoms with E-state index in [0.29, 0.717) is 12.7 Å². The average Bonchev–Trinajstić information content (AvgIpc) is 2.20. The maximum Gasteiger partial charge on any atom is 0.303 e. The van der Waals surface area contributed by atoms with Crippen molar-refractivity contribution in [1.29, 1.82) is 0 Å². The summed E-state index contributed by atoms with van der Waals surface area (Å²) in [5.74, 6) is -0.377. The van der Waals surface area contributed by atoms with Crippen LogP contribution in [0.4, 0.5) is 0 Å². The van der Waals surface area contributed by atoms with Gasteiger partial charge >= 0.3 is 5.97 Å². The molecule has 0 aliphatic rings. The van der Waals surface area contributed by atoms with Crippen LogP contribution in [0.3, 0.4) is 0 Å². The average molecular weight is 214 g/mol. The van der Waals surface area contributed by atoms with E-state index in [1.54, 1.807) is 0 Å². The molecule has 0 aromatic rings. The quantitative estimate of drug-likeness (QED) is 0.337. The number of aldehydes is 1. The fourth-order valence-corrected chi connectivity index (χ4v) is 1.49. The highest BCUT2D eigenvalue weighted by Crippen LogP contribution is 2.09. The van der Waals surface area contributed by atoms with Gasteiger partial charge in [-0.3, -0.25) is 9.59 Å². The van der Waals surface area contributed by atoms with Crippen LogP contribution < -0.4 is 0 Å². The van der Waals surface area contributed by atoms with Gasteiger partial charge in [-0.1, -0.05) is 39.0 Å². The van der Waals surface area contributed by atoms with Crippen molar-refractivity contribution in [2.75, 3.05) is 0 Å². The highest BCUT2D eigenvalue weighted by Gasteiger charge is 2.09. The van der Waals surface area contributed by atoms with Crippen LogP contribution in [-0.4, -0.2) is 18.4 Å². The van der Waals surface area contributed by atoms with Crippen molar-refractivity contribution >= 4 is 12.3 Å². The largest absolute Gasteiger partial charge is 0.455 e. The first kappa shape index (κ1) is 14.1. The Bertz CT molecular complexity index is 178. The number of carbonyl (C=O) groups is 2. The molecule has 0 aromatic carbocycles. The molecule has 88 valence electrons. The molecule has 3 nitrogen and oxygen atoms in total. The van der Waals surface area contributed by atoms with E-state index in [9.17, 15) is 9.59 Å². The van der Waals surface area contributed by atoms with Gasteiger partial charge in [-0.25, -0.2) is 0 Å². The zero-order valence-corrected chi connectivity index (χ0v) is 9.83. The number of esters is 1. The zero-order valence-electron chi connectivity index (χ0n) is 9.83. The van der Waals surface area contributed by atoms with Crippen molar-refractivity contribution in [3.63, 3.8) is 0 Å². The minimum Gasteiger partial charge on any atom is -0.455 e. The van der Waals surface area contributed by atoms with Crippen LogP contribution in [0.5, 0.6) is 0 Å². The predicted molar refractivity (Wildman–Crippen MR) is 59.6 cm³/mol. The highest BCUT2D eigenvalue weighted by atomic mass is 16.5. The van der Waals surface area contributed by atoms with Gasteiger partial charge in [0.05, 0.1) is 0 Å². The predicted octanol–water partition coefficient (Wildman–Crippen LogP) is 2.87. The van der Waals surface area contributed by atoms with Crippen molar-refractivity contribution in [3.8, 4) is 0 Å². The van der Waals surface area contributed by atoms with E-state index in [1.807, 2.05) is 0 Å². The number of ether oxygens (including phenoxy) is 1. The molecular weight excluding hydrogens is 192 g/mol. The van der Waals surface area contributed by atoms with Gasteiger partial charge in [0.25, 0.3) is 0 Å². The molecule has 0 fully saturated rings. The van der Waals surface area contributed by atoms with Crippen LogP contribution in [0.1, 0.15) is 58.8 Å². The van der Waals surface area contributed by atoms with Crippen molar-refractivity contribution in [3.05, 3.63) is 0 Å². The van der Waals surface area contributed by atoms with E-state index < -0.39 is 6.10 Å². The Hall–Kier alpha value is -0.860. The molecule has 0 amide bonds. The third kappa shape index (κ3) is 9.44. The number of carbonyl (C=O) groups excluding carboxylic acids is 2. The normalized spacial score (nSPS) is 12.1. The molecule has 0 aliphatic carbocycles. The molecule has 0 spiro atoms. The second-order valence-corrected chi connectivity index (χ2v) is 3.84. The molecule has 3 heteroatoms. The Labute approximate surface area is 92.2 Å². The van der Waals surface area contributed by atoms with Crippen molar-refractivity contribution in [2.24, 2.45) is 0 Å². The molecule has 0 saturated heterocycles. The van der Waals surface area contributed by atoms with Gasteiger partial charge in [-0.15, -0.1) is 0 Å². The monoisotopic (exact) mass is 214 g/mol. The molecule has 0 bridgehead atoms. The summed E-state index contributed by atoms with van der Waals surface area (Å²) < 4.78 is 4.82. The number of hydrogen-bond donors (Lipinski definition) is 0. The first-order valence-corrected chi connectivity index (χ1v) is 5.83. The lowest BCUT2D eigenvalue weighted by molar-refractivity contribution is -0.149. The summed E-state index contributed by atoms with van der Waals surface area (Å²) in [5.41, 5.74) is 0. The maximum atomic E-state index is 10.6. The van der Waals surface area contributed by atoms with E-state index >= 15 is 0 Å². The number of hydrogen-bond acceptors (Lipinski definition) is 3. The lowest BCUT2D eigenvalue weighted by Crippen LogP contribution is -2.17.